The van der Waals surface area contributed by atoms with Crippen LogP contribution in [0.1, 0.15) is 18.4 Å². The number of benzene rings is 1. The monoisotopic (exact) mass is 579 g/mol. The number of nitrogens with zero attached hydrogens (tertiary/aromatic N) is 8. The summed E-state index contributed by atoms with van der Waals surface area (Å²) in [5, 5.41) is 1.92. The van der Waals surface area contributed by atoms with Crippen molar-refractivity contribution in [1.29, 1.82) is 0 Å². The first kappa shape index (κ1) is 26.7. The van der Waals surface area contributed by atoms with Gasteiger partial charge in [0.1, 0.15) is 22.8 Å². The number of piperidine rings is 1. The topological polar surface area (TPSA) is 102 Å². The number of hydrogen-bond acceptors (Lipinski definition) is 9. The number of aromatic nitrogens is 6. The van der Waals surface area contributed by atoms with Crippen molar-refractivity contribution in [3.05, 3.63) is 90.5 Å². The third kappa shape index (κ3) is 5.04. The molecule has 2 fully saturated rings. The van der Waals surface area contributed by atoms with Crippen molar-refractivity contribution in [3.63, 3.8) is 0 Å². The van der Waals surface area contributed by atoms with Crippen LogP contribution >= 0.6 is 11.9 Å². The predicted octanol–water partition coefficient (Wildman–Crippen LogP) is 5.35. The summed E-state index contributed by atoms with van der Waals surface area (Å²) in [5.41, 5.74) is 11.3. The molecule has 2 saturated heterocycles. The minimum atomic E-state index is -0.416. The minimum absolute atomic E-state index is 0.375. The van der Waals surface area contributed by atoms with Gasteiger partial charge in [0.2, 0.25) is 0 Å². The van der Waals surface area contributed by atoms with Gasteiger partial charge in [-0.2, -0.15) is 0 Å². The van der Waals surface area contributed by atoms with E-state index in [1.165, 1.54) is 24.5 Å². The summed E-state index contributed by atoms with van der Waals surface area (Å²) in [6.07, 6.45) is 6.96. The molecule has 2 aliphatic heterocycles. The maximum Gasteiger partial charge on any atom is 0.180 e. The van der Waals surface area contributed by atoms with Gasteiger partial charge in [0.15, 0.2) is 17.3 Å². The molecule has 0 radical (unpaired) electrons. The largest absolute Gasteiger partial charge is 0.383 e. The summed E-state index contributed by atoms with van der Waals surface area (Å²) in [6.45, 7) is 9.32. The first-order valence-corrected chi connectivity index (χ1v) is 14.8. The molecule has 0 atom stereocenters. The Bertz CT molecular complexity index is 1740. The van der Waals surface area contributed by atoms with Crippen molar-refractivity contribution >= 4 is 28.9 Å². The van der Waals surface area contributed by atoms with E-state index in [1.54, 1.807) is 30.4 Å². The average molecular weight is 580 g/mol. The number of fused-ring (bicyclic) bond motifs is 1. The first-order valence-electron chi connectivity index (χ1n) is 13.9. The molecule has 0 unspecified atom stereocenters. The fourth-order valence-corrected chi connectivity index (χ4v) is 6.65. The Morgan fingerprint density at radius 2 is 1.79 bits per heavy atom. The molecular formula is C31H30FN9S. The van der Waals surface area contributed by atoms with Gasteiger partial charge in [-0.05, 0) is 65.6 Å². The summed E-state index contributed by atoms with van der Waals surface area (Å²) in [6, 6.07) is 15.1. The molecule has 42 heavy (non-hydrogen) atoms. The molecule has 11 heteroatoms. The lowest BCUT2D eigenvalue weighted by Crippen LogP contribution is -2.59. The Labute approximate surface area is 247 Å². The standard InChI is InChI=1S/C31H30FN9S/c1-2-42-40-14-11-31(12-15-40)19-39(20-31)18-21-5-8-23(9-6-21)41-29(24-4-3-13-34-27(24)33)37-26-17-36-28(38-30(26)41)25-10-7-22(32)16-35-25/h2-10,13,16-17H,1,11-12,14-15,18-20H2,(H2,33,34). The van der Waals surface area contributed by atoms with Crippen LogP contribution in [0.15, 0.2) is 79.1 Å². The number of likely N-dealkylation sites (tertiary alicyclic amines) is 1. The van der Waals surface area contributed by atoms with Crippen molar-refractivity contribution in [3.8, 4) is 28.6 Å². The first-order chi connectivity index (χ1) is 20.5. The van der Waals surface area contributed by atoms with E-state index >= 15 is 0 Å². The number of imidazole rings is 1. The lowest BCUT2D eigenvalue weighted by Gasteiger charge is -2.54. The lowest BCUT2D eigenvalue weighted by molar-refractivity contribution is -0.0382. The normalized spacial score (nSPS) is 17.0. The minimum Gasteiger partial charge on any atom is -0.383 e. The van der Waals surface area contributed by atoms with Crippen LogP contribution in [0.4, 0.5) is 10.2 Å². The Hall–Kier alpha value is -4.19. The molecule has 2 N–H and O–H groups in total. The molecule has 212 valence electrons. The van der Waals surface area contributed by atoms with Gasteiger partial charge in [0, 0.05) is 44.6 Å². The SMILES string of the molecule is C=CSN1CCC2(CC1)CN(Cc1ccc(-n3c(-c4cccnc4N)nc4cnc(-c5ccc(F)cn5)nc43)cc1)C2. The Kier molecular flexibility index (Phi) is 6.93. The molecule has 7 rings (SSSR count). The number of anilines is 1. The average Bonchev–Trinajstić information content (AvgIpc) is 3.37. The zero-order chi connectivity index (χ0) is 28.7. The summed E-state index contributed by atoms with van der Waals surface area (Å²) in [7, 11) is 0. The fourth-order valence-electron chi connectivity index (χ4n) is 6.05. The summed E-state index contributed by atoms with van der Waals surface area (Å²) in [4.78, 5) is 25.1. The maximum atomic E-state index is 13.5. The van der Waals surface area contributed by atoms with Crippen molar-refractivity contribution < 1.29 is 4.39 Å². The van der Waals surface area contributed by atoms with Gasteiger partial charge in [-0.1, -0.05) is 30.7 Å². The number of halogens is 1. The molecule has 0 aliphatic carbocycles. The van der Waals surface area contributed by atoms with Gasteiger partial charge in [0.25, 0.3) is 0 Å². The Morgan fingerprint density at radius 1 is 0.976 bits per heavy atom. The second kappa shape index (κ2) is 10.9. The molecule has 4 aromatic heterocycles. The van der Waals surface area contributed by atoms with Gasteiger partial charge >= 0.3 is 0 Å². The van der Waals surface area contributed by atoms with Gasteiger partial charge in [0.05, 0.1) is 18.0 Å². The van der Waals surface area contributed by atoms with E-state index < -0.39 is 5.82 Å². The second-order valence-electron chi connectivity index (χ2n) is 11.0. The number of rotatable bonds is 7. The maximum absolute atomic E-state index is 13.5. The van der Waals surface area contributed by atoms with Crippen molar-refractivity contribution in [2.75, 3.05) is 31.9 Å². The van der Waals surface area contributed by atoms with Crippen LogP contribution in [0.2, 0.25) is 0 Å². The van der Waals surface area contributed by atoms with E-state index in [9.17, 15) is 4.39 Å². The summed E-state index contributed by atoms with van der Waals surface area (Å²) < 4.78 is 17.9. The number of hydrogen-bond donors (Lipinski definition) is 1. The van der Waals surface area contributed by atoms with Crippen LogP contribution in [0.3, 0.4) is 0 Å². The van der Waals surface area contributed by atoms with E-state index in [-0.39, 0.29) is 0 Å². The van der Waals surface area contributed by atoms with Crippen molar-refractivity contribution in [1.82, 2.24) is 38.7 Å². The molecule has 0 saturated carbocycles. The van der Waals surface area contributed by atoms with Gasteiger partial charge in [-0.15, -0.1) is 0 Å². The third-order valence-electron chi connectivity index (χ3n) is 8.16. The molecule has 0 bridgehead atoms. The molecule has 2 aliphatic rings. The zero-order valence-electron chi connectivity index (χ0n) is 23.0. The highest BCUT2D eigenvalue weighted by atomic mass is 32.2. The highest BCUT2D eigenvalue weighted by molar-refractivity contribution is 7.99. The fraction of sp³-hybridized carbons (Fsp3) is 0.258. The van der Waals surface area contributed by atoms with E-state index in [2.05, 4.69) is 55.0 Å². The highest BCUT2D eigenvalue weighted by Gasteiger charge is 2.44. The Morgan fingerprint density at radius 3 is 2.50 bits per heavy atom. The van der Waals surface area contributed by atoms with Crippen LogP contribution in [0.5, 0.6) is 0 Å². The number of nitrogens with two attached hydrogens (primary N) is 1. The highest BCUT2D eigenvalue weighted by Crippen LogP contribution is 2.42. The lowest BCUT2D eigenvalue weighted by atomic mass is 9.72. The van der Waals surface area contributed by atoms with E-state index in [0.29, 0.717) is 45.3 Å². The Balaban J connectivity index is 1.17. The van der Waals surface area contributed by atoms with E-state index in [4.69, 9.17) is 15.7 Å². The van der Waals surface area contributed by atoms with Crippen LogP contribution in [-0.2, 0) is 6.54 Å². The second-order valence-corrected chi connectivity index (χ2v) is 12.0. The molecule has 5 aromatic rings. The van der Waals surface area contributed by atoms with Crippen LogP contribution in [0.25, 0.3) is 39.8 Å². The quantitative estimate of drug-likeness (QED) is 0.256. The zero-order valence-corrected chi connectivity index (χ0v) is 23.8. The van der Waals surface area contributed by atoms with Gasteiger partial charge in [-0.25, -0.2) is 33.6 Å². The molecule has 0 amide bonds. The molecule has 1 aromatic carbocycles. The number of pyridine rings is 2. The summed E-state index contributed by atoms with van der Waals surface area (Å²) >= 11 is 1.73. The molecule has 1 spiro atoms. The molecular weight excluding hydrogens is 549 g/mol. The van der Waals surface area contributed by atoms with Crippen LogP contribution in [-0.4, -0.2) is 64.9 Å². The molecule has 9 nitrogen and oxygen atoms in total. The third-order valence-corrected chi connectivity index (χ3v) is 8.97. The van der Waals surface area contributed by atoms with Crippen molar-refractivity contribution in [2.45, 2.75) is 19.4 Å². The van der Waals surface area contributed by atoms with E-state index in [0.717, 1.165) is 44.6 Å². The van der Waals surface area contributed by atoms with Gasteiger partial charge in [-0.3, -0.25) is 9.47 Å². The van der Waals surface area contributed by atoms with E-state index in [1.807, 2.05) is 22.1 Å². The number of nitrogen functional groups attached to an aromatic ring is 1. The predicted molar refractivity (Wildman–Crippen MR) is 164 cm³/mol. The van der Waals surface area contributed by atoms with Crippen molar-refractivity contribution in [2.24, 2.45) is 5.41 Å². The van der Waals surface area contributed by atoms with Crippen LogP contribution < -0.4 is 5.73 Å². The molecule has 6 heterocycles. The summed E-state index contributed by atoms with van der Waals surface area (Å²) in [5.74, 6) is 0.958. The van der Waals surface area contributed by atoms with Crippen LogP contribution in [0, 0.1) is 11.2 Å². The van der Waals surface area contributed by atoms with Gasteiger partial charge < -0.3 is 5.73 Å². The smallest absolute Gasteiger partial charge is 0.180 e.